The molecule has 1 aliphatic heterocycles. The number of carbonyl (C=O) groups is 1. The van der Waals surface area contributed by atoms with Crippen LogP contribution in [0.5, 0.6) is 0 Å². The van der Waals surface area contributed by atoms with Crippen LogP contribution < -0.4 is 4.90 Å². The van der Waals surface area contributed by atoms with E-state index in [0.29, 0.717) is 17.9 Å². The van der Waals surface area contributed by atoms with Crippen LogP contribution >= 0.6 is 15.9 Å². The number of hydrogen-bond acceptors (Lipinski definition) is 3. The number of hydrogen-bond donors (Lipinski definition) is 0. The smallest absolute Gasteiger partial charge is 0.259 e. The molecule has 0 aliphatic carbocycles. The van der Waals surface area contributed by atoms with E-state index in [9.17, 15) is 4.79 Å². The summed E-state index contributed by atoms with van der Waals surface area (Å²) in [6.45, 7) is 0.700. The summed E-state index contributed by atoms with van der Waals surface area (Å²) in [5.41, 5.74) is 2.75. The van der Waals surface area contributed by atoms with E-state index in [1.165, 1.54) is 5.56 Å². The predicted octanol–water partition coefficient (Wildman–Crippen LogP) is 3.23. The zero-order valence-corrected chi connectivity index (χ0v) is 13.8. The Kier molecular flexibility index (Phi) is 3.46. The fourth-order valence-electron chi connectivity index (χ4n) is 2.79. The molecule has 0 fully saturated rings. The van der Waals surface area contributed by atoms with Gasteiger partial charge < -0.3 is 4.90 Å². The van der Waals surface area contributed by atoms with Crippen LogP contribution in [0.3, 0.4) is 0 Å². The summed E-state index contributed by atoms with van der Waals surface area (Å²) >= 11 is 3.47. The van der Waals surface area contributed by atoms with Crippen LogP contribution in [-0.4, -0.2) is 27.2 Å². The van der Waals surface area contributed by atoms with Gasteiger partial charge in [-0.05, 0) is 48.4 Å². The summed E-state index contributed by atoms with van der Waals surface area (Å²) in [5.74, 6) is 0.669. The molecule has 23 heavy (non-hydrogen) atoms. The third kappa shape index (κ3) is 2.55. The summed E-state index contributed by atoms with van der Waals surface area (Å²) in [6.07, 6.45) is 5.99. The Balaban J connectivity index is 1.61. The number of rotatable bonds is 2. The molecule has 6 heteroatoms. The van der Waals surface area contributed by atoms with E-state index in [1.807, 2.05) is 29.3 Å². The topological polar surface area (TPSA) is 51.0 Å². The second kappa shape index (κ2) is 5.62. The van der Waals surface area contributed by atoms with Crippen LogP contribution in [0.15, 0.2) is 59.5 Å². The Morgan fingerprint density at radius 2 is 2.13 bits per heavy atom. The quantitative estimate of drug-likeness (QED) is 0.697. The highest BCUT2D eigenvalue weighted by atomic mass is 79.9. The first-order chi connectivity index (χ1) is 11.2. The number of fused-ring (bicyclic) bond motifs is 1. The molecule has 0 radical (unpaired) electrons. The number of benzene rings is 1. The van der Waals surface area contributed by atoms with Gasteiger partial charge in [0.25, 0.3) is 5.91 Å². The molecule has 0 saturated heterocycles. The lowest BCUT2D eigenvalue weighted by molar-refractivity contribution is 0.0989. The van der Waals surface area contributed by atoms with Crippen molar-refractivity contribution in [2.24, 2.45) is 0 Å². The van der Waals surface area contributed by atoms with Crippen molar-refractivity contribution >= 4 is 27.5 Å². The standard InChI is InChI=1S/C17H13BrN4O/c18-14-3-4-15-12(10-14)6-9-21(15)17(23)13-2-5-16(19-11-13)22-8-1-7-20-22/h1-5,7-8,10-11H,6,9H2. The highest BCUT2D eigenvalue weighted by Crippen LogP contribution is 2.31. The molecule has 0 bridgehead atoms. The first-order valence-corrected chi connectivity index (χ1v) is 8.08. The molecule has 0 saturated carbocycles. The lowest BCUT2D eigenvalue weighted by Crippen LogP contribution is -2.29. The van der Waals surface area contributed by atoms with Crippen molar-refractivity contribution in [1.29, 1.82) is 0 Å². The van der Waals surface area contributed by atoms with Crippen molar-refractivity contribution in [2.75, 3.05) is 11.4 Å². The zero-order chi connectivity index (χ0) is 15.8. The number of amides is 1. The second-order valence-electron chi connectivity index (χ2n) is 5.34. The predicted molar refractivity (Wildman–Crippen MR) is 90.9 cm³/mol. The molecular weight excluding hydrogens is 356 g/mol. The minimum Gasteiger partial charge on any atom is -0.308 e. The first-order valence-electron chi connectivity index (χ1n) is 7.29. The van der Waals surface area contributed by atoms with Crippen LogP contribution in [0.2, 0.25) is 0 Å². The van der Waals surface area contributed by atoms with Gasteiger partial charge in [0.05, 0.1) is 5.56 Å². The van der Waals surface area contributed by atoms with Crippen molar-refractivity contribution in [3.8, 4) is 5.82 Å². The molecule has 4 rings (SSSR count). The second-order valence-corrected chi connectivity index (χ2v) is 6.25. The van der Waals surface area contributed by atoms with Crippen molar-refractivity contribution in [1.82, 2.24) is 14.8 Å². The molecule has 1 aromatic carbocycles. The van der Waals surface area contributed by atoms with Gasteiger partial charge >= 0.3 is 0 Å². The summed E-state index contributed by atoms with van der Waals surface area (Å²) in [4.78, 5) is 18.9. The molecule has 3 aromatic rings. The van der Waals surface area contributed by atoms with Crippen molar-refractivity contribution < 1.29 is 4.79 Å². The van der Waals surface area contributed by atoms with E-state index in [2.05, 4.69) is 32.1 Å². The van der Waals surface area contributed by atoms with E-state index >= 15 is 0 Å². The fraction of sp³-hybridized carbons (Fsp3) is 0.118. The molecule has 1 aliphatic rings. The Bertz CT molecular complexity index is 859. The third-order valence-electron chi connectivity index (χ3n) is 3.92. The molecule has 0 atom stereocenters. The lowest BCUT2D eigenvalue weighted by atomic mass is 10.2. The number of aromatic nitrogens is 3. The maximum absolute atomic E-state index is 12.7. The number of anilines is 1. The highest BCUT2D eigenvalue weighted by Gasteiger charge is 2.25. The van der Waals surface area contributed by atoms with E-state index in [-0.39, 0.29) is 5.91 Å². The largest absolute Gasteiger partial charge is 0.308 e. The van der Waals surface area contributed by atoms with Crippen molar-refractivity contribution in [3.05, 3.63) is 70.6 Å². The molecule has 0 unspecified atom stereocenters. The van der Waals surface area contributed by atoms with Crippen LogP contribution in [0, 0.1) is 0 Å². The lowest BCUT2D eigenvalue weighted by Gasteiger charge is -2.17. The van der Waals surface area contributed by atoms with Gasteiger partial charge in [0.2, 0.25) is 0 Å². The Hall–Kier alpha value is -2.47. The first kappa shape index (κ1) is 14.1. The van der Waals surface area contributed by atoms with Gasteiger partial charge in [-0.2, -0.15) is 5.10 Å². The summed E-state index contributed by atoms with van der Waals surface area (Å²) in [6, 6.07) is 11.4. The van der Waals surface area contributed by atoms with Gasteiger partial charge in [-0.1, -0.05) is 15.9 Å². The third-order valence-corrected chi connectivity index (χ3v) is 4.41. The van der Waals surface area contributed by atoms with Gasteiger partial charge in [-0.25, -0.2) is 9.67 Å². The maximum atomic E-state index is 12.7. The van der Waals surface area contributed by atoms with E-state index in [1.54, 1.807) is 29.2 Å². The summed E-state index contributed by atoms with van der Waals surface area (Å²) in [7, 11) is 0. The van der Waals surface area contributed by atoms with Crippen LogP contribution in [-0.2, 0) is 6.42 Å². The Labute approximate surface area is 141 Å². The van der Waals surface area contributed by atoms with Crippen LogP contribution in [0.4, 0.5) is 5.69 Å². The molecule has 114 valence electrons. The van der Waals surface area contributed by atoms with E-state index < -0.39 is 0 Å². The normalized spacial score (nSPS) is 13.2. The molecular formula is C17H13BrN4O. The van der Waals surface area contributed by atoms with Crippen LogP contribution in [0.1, 0.15) is 15.9 Å². The molecule has 0 N–H and O–H groups in total. The average Bonchev–Trinajstić information content (AvgIpc) is 3.23. The Morgan fingerprint density at radius 3 is 2.87 bits per heavy atom. The zero-order valence-electron chi connectivity index (χ0n) is 12.2. The van der Waals surface area contributed by atoms with Gasteiger partial charge in [0.15, 0.2) is 5.82 Å². The van der Waals surface area contributed by atoms with E-state index in [0.717, 1.165) is 16.6 Å². The molecule has 2 aromatic heterocycles. The Morgan fingerprint density at radius 1 is 1.22 bits per heavy atom. The number of pyridine rings is 1. The number of carbonyl (C=O) groups excluding carboxylic acids is 1. The van der Waals surface area contributed by atoms with Gasteiger partial charge in [0.1, 0.15) is 0 Å². The monoisotopic (exact) mass is 368 g/mol. The molecule has 0 spiro atoms. The summed E-state index contributed by atoms with van der Waals surface area (Å²) in [5, 5.41) is 4.13. The minimum atomic E-state index is -0.0226. The average molecular weight is 369 g/mol. The fourth-order valence-corrected chi connectivity index (χ4v) is 3.20. The highest BCUT2D eigenvalue weighted by molar-refractivity contribution is 9.10. The van der Waals surface area contributed by atoms with Crippen molar-refractivity contribution in [3.63, 3.8) is 0 Å². The molecule has 5 nitrogen and oxygen atoms in total. The molecule has 3 heterocycles. The minimum absolute atomic E-state index is 0.0226. The van der Waals surface area contributed by atoms with E-state index in [4.69, 9.17) is 0 Å². The summed E-state index contributed by atoms with van der Waals surface area (Å²) < 4.78 is 2.70. The molecule has 1 amide bonds. The SMILES string of the molecule is O=C(c1ccc(-n2cccn2)nc1)N1CCc2cc(Br)ccc21. The number of halogens is 1. The van der Waals surface area contributed by atoms with Gasteiger partial charge in [-0.3, -0.25) is 4.79 Å². The van der Waals surface area contributed by atoms with Gasteiger partial charge in [-0.15, -0.1) is 0 Å². The van der Waals surface area contributed by atoms with Gasteiger partial charge in [0, 0.05) is 35.3 Å². The maximum Gasteiger partial charge on any atom is 0.259 e. The van der Waals surface area contributed by atoms with Crippen LogP contribution in [0.25, 0.3) is 5.82 Å². The number of nitrogens with zero attached hydrogens (tertiary/aromatic N) is 4. The van der Waals surface area contributed by atoms with Crippen molar-refractivity contribution in [2.45, 2.75) is 6.42 Å².